The van der Waals surface area contributed by atoms with Gasteiger partial charge in [-0.2, -0.15) is 0 Å². The molecule has 0 saturated heterocycles. The highest BCUT2D eigenvalue weighted by molar-refractivity contribution is 6.33. The minimum absolute atomic E-state index is 0.0185. The van der Waals surface area contributed by atoms with Gasteiger partial charge in [0.25, 0.3) is 0 Å². The molecule has 1 heterocycles. The lowest BCUT2D eigenvalue weighted by Gasteiger charge is -2.10. The highest BCUT2D eigenvalue weighted by Crippen LogP contribution is 2.26. The first-order valence-electron chi connectivity index (χ1n) is 5.75. The zero-order valence-electron chi connectivity index (χ0n) is 11.0. The van der Waals surface area contributed by atoms with Crippen molar-refractivity contribution in [3.63, 3.8) is 0 Å². The number of hydrogen-bond acceptors (Lipinski definition) is 6. The topological polar surface area (TPSA) is 90.1 Å². The Bertz CT molecular complexity index is 661. The first-order valence-corrected chi connectivity index (χ1v) is 6.13. The quantitative estimate of drug-likeness (QED) is 0.667. The molecule has 1 aromatic heterocycles. The third-order valence-corrected chi connectivity index (χ3v) is 2.80. The Labute approximate surface area is 120 Å². The minimum Gasteiger partial charge on any atom is -0.463 e. The highest BCUT2D eigenvalue weighted by Gasteiger charge is 2.12. The second-order valence-corrected chi connectivity index (χ2v) is 4.48. The van der Waals surface area contributed by atoms with Gasteiger partial charge < -0.3 is 15.8 Å². The molecule has 1 aromatic carbocycles. The summed E-state index contributed by atoms with van der Waals surface area (Å²) in [5.74, 6) is -0.184. The third kappa shape index (κ3) is 3.16. The number of ether oxygens (including phenoxy) is 1. The Hall–Kier alpha value is -2.34. The van der Waals surface area contributed by atoms with E-state index >= 15 is 0 Å². The van der Waals surface area contributed by atoms with Crippen LogP contribution in [0.1, 0.15) is 16.3 Å². The maximum Gasteiger partial charge on any atom is 0.376 e. The van der Waals surface area contributed by atoms with E-state index in [1.54, 1.807) is 31.2 Å². The Morgan fingerprint density at radius 2 is 2.10 bits per heavy atom. The fourth-order valence-corrected chi connectivity index (χ4v) is 1.76. The van der Waals surface area contributed by atoms with Gasteiger partial charge in [0.05, 0.1) is 17.8 Å². The van der Waals surface area contributed by atoms with Gasteiger partial charge in [0.1, 0.15) is 5.82 Å². The lowest BCUT2D eigenvalue weighted by molar-refractivity contribution is 0.0586. The molecule has 0 unspecified atom stereocenters. The summed E-state index contributed by atoms with van der Waals surface area (Å²) in [6, 6.07) is 6.73. The molecule has 0 radical (unpaired) electrons. The van der Waals surface area contributed by atoms with Crippen molar-refractivity contribution in [2.45, 2.75) is 6.92 Å². The molecular formula is C13H13ClN4O2. The Kier molecular flexibility index (Phi) is 4.05. The van der Waals surface area contributed by atoms with Crippen LogP contribution in [0.3, 0.4) is 0 Å². The number of nitrogen functional groups attached to an aromatic ring is 1. The fraction of sp³-hybridized carbons (Fsp3) is 0.154. The molecule has 0 bridgehead atoms. The molecule has 7 heteroatoms. The van der Waals surface area contributed by atoms with E-state index in [0.29, 0.717) is 27.9 Å². The van der Waals surface area contributed by atoms with Crippen LogP contribution in [0, 0.1) is 6.92 Å². The number of hydrogen-bond donors (Lipinski definition) is 2. The van der Waals surface area contributed by atoms with Gasteiger partial charge in [0.15, 0.2) is 0 Å². The predicted molar refractivity (Wildman–Crippen MR) is 77.3 cm³/mol. The van der Waals surface area contributed by atoms with E-state index in [1.165, 1.54) is 7.11 Å². The molecule has 104 valence electrons. The summed E-state index contributed by atoms with van der Waals surface area (Å²) in [5, 5.41) is 3.50. The molecule has 2 aromatic rings. The van der Waals surface area contributed by atoms with Crippen LogP contribution in [-0.4, -0.2) is 23.0 Å². The molecule has 0 amide bonds. The van der Waals surface area contributed by atoms with Crippen molar-refractivity contribution >= 4 is 34.8 Å². The first-order chi connectivity index (χ1) is 9.49. The van der Waals surface area contributed by atoms with Gasteiger partial charge >= 0.3 is 5.97 Å². The predicted octanol–water partition coefficient (Wildman–Crippen LogP) is 2.55. The summed E-state index contributed by atoms with van der Waals surface area (Å²) in [4.78, 5) is 19.5. The van der Waals surface area contributed by atoms with Gasteiger partial charge in [-0.1, -0.05) is 11.6 Å². The van der Waals surface area contributed by atoms with Gasteiger partial charge in [-0.3, -0.25) is 0 Å². The molecule has 0 aliphatic carbocycles. The molecule has 3 N–H and O–H groups in total. The number of aryl methyl sites for hydroxylation is 1. The number of aromatic nitrogens is 2. The van der Waals surface area contributed by atoms with Crippen molar-refractivity contribution in [2.75, 3.05) is 18.2 Å². The maximum absolute atomic E-state index is 11.5. The van der Waals surface area contributed by atoms with Crippen LogP contribution in [0.5, 0.6) is 0 Å². The smallest absolute Gasteiger partial charge is 0.376 e. The number of rotatable bonds is 3. The number of esters is 1. The number of carbonyl (C=O) groups excluding carboxylic acids is 1. The minimum atomic E-state index is -0.601. The lowest BCUT2D eigenvalue weighted by Crippen LogP contribution is -2.10. The van der Waals surface area contributed by atoms with Gasteiger partial charge in [0, 0.05) is 17.4 Å². The largest absolute Gasteiger partial charge is 0.463 e. The van der Waals surface area contributed by atoms with E-state index in [1.807, 2.05) is 0 Å². The molecule has 0 aliphatic rings. The van der Waals surface area contributed by atoms with E-state index in [9.17, 15) is 4.79 Å². The summed E-state index contributed by atoms with van der Waals surface area (Å²) in [6.07, 6.45) is 0. The average Bonchev–Trinajstić information content (AvgIpc) is 2.41. The normalized spacial score (nSPS) is 10.2. The van der Waals surface area contributed by atoms with Crippen LogP contribution in [-0.2, 0) is 4.74 Å². The van der Waals surface area contributed by atoms with Crippen LogP contribution < -0.4 is 11.1 Å². The van der Waals surface area contributed by atoms with Crippen molar-refractivity contribution in [1.29, 1.82) is 0 Å². The number of benzene rings is 1. The maximum atomic E-state index is 11.5. The van der Waals surface area contributed by atoms with E-state index < -0.39 is 5.97 Å². The van der Waals surface area contributed by atoms with E-state index in [4.69, 9.17) is 17.3 Å². The van der Waals surface area contributed by atoms with Gasteiger partial charge in [-0.05, 0) is 25.1 Å². The van der Waals surface area contributed by atoms with Crippen molar-refractivity contribution in [3.05, 3.63) is 40.8 Å². The highest BCUT2D eigenvalue weighted by atomic mass is 35.5. The van der Waals surface area contributed by atoms with Crippen LogP contribution >= 0.6 is 11.6 Å². The number of nitrogens with zero attached hydrogens (tertiary/aromatic N) is 2. The second kappa shape index (κ2) is 5.75. The molecule has 2 rings (SSSR count). The molecule has 0 saturated carbocycles. The van der Waals surface area contributed by atoms with Crippen LogP contribution in [0.2, 0.25) is 5.02 Å². The van der Waals surface area contributed by atoms with E-state index in [-0.39, 0.29) is 5.82 Å². The number of nitrogens with one attached hydrogen (secondary N) is 1. The monoisotopic (exact) mass is 292 g/mol. The summed E-state index contributed by atoms with van der Waals surface area (Å²) < 4.78 is 4.60. The number of halogens is 1. The van der Waals surface area contributed by atoms with E-state index in [2.05, 4.69) is 20.0 Å². The van der Waals surface area contributed by atoms with Crippen LogP contribution in [0.4, 0.5) is 17.2 Å². The van der Waals surface area contributed by atoms with E-state index in [0.717, 1.165) is 0 Å². The molecule has 20 heavy (non-hydrogen) atoms. The van der Waals surface area contributed by atoms with Gasteiger partial charge in [-0.15, -0.1) is 0 Å². The van der Waals surface area contributed by atoms with Crippen molar-refractivity contribution in [1.82, 2.24) is 9.97 Å². The SMILES string of the molecule is COC(=O)c1nc(C)cc(Nc2cc(N)ccc2Cl)n1. The molecular weight excluding hydrogens is 280 g/mol. The number of nitrogens with two attached hydrogens (primary N) is 1. The molecule has 6 nitrogen and oxygen atoms in total. The molecule has 0 fully saturated rings. The van der Waals surface area contributed by atoms with Crippen LogP contribution in [0.15, 0.2) is 24.3 Å². The van der Waals surface area contributed by atoms with Crippen molar-refractivity contribution < 1.29 is 9.53 Å². The van der Waals surface area contributed by atoms with Crippen LogP contribution in [0.25, 0.3) is 0 Å². The first kappa shape index (κ1) is 14.1. The molecule has 0 spiro atoms. The standard InChI is InChI=1S/C13H13ClN4O2/c1-7-5-11(18-12(16-7)13(19)20-2)17-10-6-8(15)3-4-9(10)14/h3-6H,15H2,1-2H3,(H,16,17,18). The summed E-state index contributed by atoms with van der Waals surface area (Å²) in [6.45, 7) is 1.75. The Balaban J connectivity index is 2.36. The summed E-state index contributed by atoms with van der Waals surface area (Å²) in [7, 11) is 1.27. The number of carbonyl (C=O) groups is 1. The van der Waals surface area contributed by atoms with Gasteiger partial charge in [0.2, 0.25) is 5.82 Å². The lowest BCUT2D eigenvalue weighted by atomic mass is 10.2. The Morgan fingerprint density at radius 1 is 1.35 bits per heavy atom. The number of methoxy groups -OCH3 is 1. The zero-order valence-corrected chi connectivity index (χ0v) is 11.7. The van der Waals surface area contributed by atoms with Crippen molar-refractivity contribution in [2.24, 2.45) is 0 Å². The summed E-state index contributed by atoms with van der Waals surface area (Å²) in [5.41, 5.74) is 7.50. The summed E-state index contributed by atoms with van der Waals surface area (Å²) >= 11 is 6.06. The average molecular weight is 293 g/mol. The molecule has 0 aliphatic heterocycles. The van der Waals surface area contributed by atoms with Gasteiger partial charge in [-0.25, -0.2) is 14.8 Å². The Morgan fingerprint density at radius 3 is 2.80 bits per heavy atom. The molecule has 0 atom stereocenters. The second-order valence-electron chi connectivity index (χ2n) is 4.07. The third-order valence-electron chi connectivity index (χ3n) is 2.48. The number of anilines is 3. The fourth-order valence-electron chi connectivity index (χ4n) is 1.59. The zero-order chi connectivity index (χ0) is 14.7. The van der Waals surface area contributed by atoms with Crippen molar-refractivity contribution in [3.8, 4) is 0 Å².